The van der Waals surface area contributed by atoms with Gasteiger partial charge in [0.15, 0.2) is 0 Å². The first-order valence-corrected chi connectivity index (χ1v) is 5.92. The second-order valence-corrected chi connectivity index (χ2v) is 4.87. The second kappa shape index (κ2) is 4.93. The standard InChI is InChI=1S/C13H11F5N2/c1-20(8-2-7(3-8)13(16,17)18)9-4-11(14)10(6-19)12(15)5-9/h4-5,7-8H,2-3H2,1H3. The Morgan fingerprint density at radius 1 is 1.20 bits per heavy atom. The minimum atomic E-state index is -4.22. The van der Waals surface area contributed by atoms with Crippen LogP contribution >= 0.6 is 0 Å². The molecule has 1 aromatic carbocycles. The molecule has 2 rings (SSSR count). The van der Waals surface area contributed by atoms with Crippen LogP contribution in [0.4, 0.5) is 27.6 Å². The van der Waals surface area contributed by atoms with Crippen molar-refractivity contribution < 1.29 is 22.0 Å². The van der Waals surface area contributed by atoms with Crippen molar-refractivity contribution >= 4 is 5.69 Å². The molecular weight excluding hydrogens is 279 g/mol. The van der Waals surface area contributed by atoms with E-state index >= 15 is 0 Å². The molecule has 1 aliphatic carbocycles. The van der Waals surface area contributed by atoms with Crippen molar-refractivity contribution in [2.75, 3.05) is 11.9 Å². The van der Waals surface area contributed by atoms with Gasteiger partial charge in [-0.15, -0.1) is 0 Å². The zero-order chi connectivity index (χ0) is 15.1. The second-order valence-electron chi connectivity index (χ2n) is 4.87. The summed E-state index contributed by atoms with van der Waals surface area (Å²) in [7, 11) is 1.48. The molecule has 0 aliphatic heterocycles. The van der Waals surface area contributed by atoms with Crippen molar-refractivity contribution in [2.45, 2.75) is 25.1 Å². The minimum Gasteiger partial charge on any atom is -0.371 e. The first-order chi connectivity index (χ1) is 9.24. The van der Waals surface area contributed by atoms with Crippen molar-refractivity contribution in [1.82, 2.24) is 0 Å². The molecule has 0 aromatic heterocycles. The lowest BCUT2D eigenvalue weighted by molar-refractivity contribution is -0.196. The molecule has 1 aliphatic rings. The Morgan fingerprint density at radius 3 is 2.10 bits per heavy atom. The summed E-state index contributed by atoms with van der Waals surface area (Å²) in [5.74, 6) is -3.38. The van der Waals surface area contributed by atoms with Crippen LogP contribution < -0.4 is 4.90 Å². The molecule has 0 spiro atoms. The number of hydrogen-bond donors (Lipinski definition) is 0. The lowest BCUT2D eigenvalue weighted by atomic mass is 9.79. The fraction of sp³-hybridized carbons (Fsp3) is 0.462. The van der Waals surface area contributed by atoms with Gasteiger partial charge in [0.1, 0.15) is 23.3 Å². The van der Waals surface area contributed by atoms with Crippen LogP contribution in [0.3, 0.4) is 0 Å². The Balaban J connectivity index is 2.13. The Hall–Kier alpha value is -1.84. The number of alkyl halides is 3. The summed E-state index contributed by atoms with van der Waals surface area (Å²) in [6.07, 6.45) is -4.41. The van der Waals surface area contributed by atoms with Crippen LogP contribution in [0.1, 0.15) is 18.4 Å². The monoisotopic (exact) mass is 290 g/mol. The van der Waals surface area contributed by atoms with Crippen LogP contribution in [0.2, 0.25) is 0 Å². The Kier molecular flexibility index (Phi) is 3.59. The van der Waals surface area contributed by atoms with Crippen molar-refractivity contribution in [3.63, 3.8) is 0 Å². The van der Waals surface area contributed by atoms with E-state index in [0.717, 1.165) is 12.1 Å². The molecule has 0 unspecified atom stereocenters. The maximum Gasteiger partial charge on any atom is 0.391 e. The highest BCUT2D eigenvalue weighted by atomic mass is 19.4. The average Bonchev–Trinajstić information content (AvgIpc) is 2.24. The van der Waals surface area contributed by atoms with Gasteiger partial charge < -0.3 is 4.90 Å². The number of nitrogens with zero attached hydrogens (tertiary/aromatic N) is 2. The predicted molar refractivity (Wildman–Crippen MR) is 62.0 cm³/mol. The summed E-state index contributed by atoms with van der Waals surface area (Å²) in [5.41, 5.74) is -0.562. The number of anilines is 1. The predicted octanol–water partition coefficient (Wildman–Crippen LogP) is 3.61. The lowest BCUT2D eigenvalue weighted by Crippen LogP contribution is -2.47. The fourth-order valence-corrected chi connectivity index (χ4v) is 2.25. The number of hydrogen-bond acceptors (Lipinski definition) is 2. The zero-order valence-corrected chi connectivity index (χ0v) is 10.5. The Bertz CT molecular complexity index is 532. The van der Waals surface area contributed by atoms with E-state index < -0.39 is 35.3 Å². The molecule has 7 heteroatoms. The van der Waals surface area contributed by atoms with Crippen LogP contribution in [-0.2, 0) is 0 Å². The van der Waals surface area contributed by atoms with Gasteiger partial charge in [-0.25, -0.2) is 8.78 Å². The molecule has 1 fully saturated rings. The maximum atomic E-state index is 13.5. The lowest BCUT2D eigenvalue weighted by Gasteiger charge is -2.42. The summed E-state index contributed by atoms with van der Waals surface area (Å²) in [6.45, 7) is 0. The highest BCUT2D eigenvalue weighted by Crippen LogP contribution is 2.43. The molecule has 108 valence electrons. The van der Waals surface area contributed by atoms with E-state index in [1.54, 1.807) is 0 Å². The third-order valence-electron chi connectivity index (χ3n) is 3.67. The van der Waals surface area contributed by atoms with Crippen molar-refractivity contribution in [1.29, 1.82) is 5.26 Å². The molecular formula is C13H11F5N2. The zero-order valence-electron chi connectivity index (χ0n) is 10.5. The largest absolute Gasteiger partial charge is 0.391 e. The van der Waals surface area contributed by atoms with Gasteiger partial charge in [0.05, 0.1) is 5.92 Å². The summed E-state index contributed by atoms with van der Waals surface area (Å²) < 4.78 is 64.1. The maximum absolute atomic E-state index is 13.5. The minimum absolute atomic E-state index is 0.0940. The van der Waals surface area contributed by atoms with E-state index in [4.69, 9.17) is 5.26 Å². The van der Waals surface area contributed by atoms with Crippen LogP contribution in [-0.4, -0.2) is 19.3 Å². The van der Waals surface area contributed by atoms with Crippen molar-refractivity contribution in [3.05, 3.63) is 29.3 Å². The van der Waals surface area contributed by atoms with E-state index in [1.807, 2.05) is 0 Å². The number of rotatable bonds is 2. The normalized spacial score (nSPS) is 22.1. The molecule has 1 saturated carbocycles. The molecule has 0 atom stereocenters. The summed E-state index contributed by atoms with van der Waals surface area (Å²) >= 11 is 0. The van der Waals surface area contributed by atoms with Crippen LogP contribution in [0.5, 0.6) is 0 Å². The molecule has 1 aromatic rings. The number of nitriles is 1. The topological polar surface area (TPSA) is 27.0 Å². The van der Waals surface area contributed by atoms with Crippen LogP contribution in [0.15, 0.2) is 12.1 Å². The molecule has 0 saturated heterocycles. The first-order valence-electron chi connectivity index (χ1n) is 5.92. The summed E-state index contributed by atoms with van der Waals surface area (Å²) in [5, 5.41) is 8.55. The van der Waals surface area contributed by atoms with Gasteiger partial charge in [-0.05, 0) is 25.0 Å². The molecule has 20 heavy (non-hydrogen) atoms. The van der Waals surface area contributed by atoms with E-state index in [9.17, 15) is 22.0 Å². The highest BCUT2D eigenvalue weighted by molar-refractivity contribution is 5.51. The third kappa shape index (κ3) is 2.55. The first kappa shape index (κ1) is 14.6. The molecule has 0 bridgehead atoms. The van der Waals surface area contributed by atoms with Gasteiger partial charge in [0, 0.05) is 18.8 Å². The molecule has 0 radical (unpaired) electrons. The molecule has 0 N–H and O–H groups in total. The van der Waals surface area contributed by atoms with Crippen LogP contribution in [0, 0.1) is 28.9 Å². The molecule has 0 amide bonds. The third-order valence-corrected chi connectivity index (χ3v) is 3.67. The van der Waals surface area contributed by atoms with Crippen molar-refractivity contribution in [2.24, 2.45) is 5.92 Å². The van der Waals surface area contributed by atoms with E-state index in [-0.39, 0.29) is 18.5 Å². The molecule has 0 heterocycles. The summed E-state index contributed by atoms with van der Waals surface area (Å²) in [6, 6.07) is 2.91. The van der Waals surface area contributed by atoms with E-state index in [0.29, 0.717) is 0 Å². The van der Waals surface area contributed by atoms with Gasteiger partial charge in [0.2, 0.25) is 0 Å². The van der Waals surface area contributed by atoms with Gasteiger partial charge in [-0.2, -0.15) is 18.4 Å². The van der Waals surface area contributed by atoms with Gasteiger partial charge in [-0.3, -0.25) is 0 Å². The quantitative estimate of drug-likeness (QED) is 0.778. The Labute approximate surface area is 112 Å². The number of halogens is 5. The van der Waals surface area contributed by atoms with Gasteiger partial charge >= 0.3 is 6.18 Å². The SMILES string of the molecule is CN(c1cc(F)c(C#N)c(F)c1)C1CC(C(F)(F)F)C1. The van der Waals surface area contributed by atoms with Gasteiger partial charge in [-0.1, -0.05) is 0 Å². The fourth-order valence-electron chi connectivity index (χ4n) is 2.25. The van der Waals surface area contributed by atoms with Crippen LogP contribution in [0.25, 0.3) is 0 Å². The van der Waals surface area contributed by atoms with Gasteiger partial charge in [0.25, 0.3) is 0 Å². The smallest absolute Gasteiger partial charge is 0.371 e. The highest BCUT2D eigenvalue weighted by Gasteiger charge is 2.49. The Morgan fingerprint density at radius 2 is 1.70 bits per heavy atom. The van der Waals surface area contributed by atoms with E-state index in [2.05, 4.69) is 0 Å². The molecule has 2 nitrogen and oxygen atoms in total. The average molecular weight is 290 g/mol. The van der Waals surface area contributed by atoms with E-state index in [1.165, 1.54) is 18.0 Å². The van der Waals surface area contributed by atoms with Crippen molar-refractivity contribution in [3.8, 4) is 6.07 Å². The number of benzene rings is 1. The summed E-state index contributed by atoms with van der Waals surface area (Å²) in [4.78, 5) is 1.41.